The fraction of sp³-hybridized carbons (Fsp3) is 0.105. The van der Waals surface area contributed by atoms with E-state index < -0.39 is 11.5 Å². The Morgan fingerprint density at radius 2 is 1.92 bits per heavy atom. The van der Waals surface area contributed by atoms with Crippen LogP contribution in [-0.2, 0) is 0 Å². The maximum absolute atomic E-state index is 12.5. The van der Waals surface area contributed by atoms with Gasteiger partial charge in [-0.3, -0.25) is 4.79 Å². The van der Waals surface area contributed by atoms with Gasteiger partial charge in [0.15, 0.2) is 0 Å². The molecule has 6 heteroatoms. The molecule has 1 atom stereocenters. The van der Waals surface area contributed by atoms with Crippen molar-refractivity contribution in [3.8, 4) is 0 Å². The molecule has 0 fully saturated rings. The lowest BCUT2D eigenvalue weighted by molar-refractivity contribution is 0.0935. The SMILES string of the molecule is CC(NC(=O)c1cc2ccccc2oc1=O)c1nc2ccccc2[nH]1. The van der Waals surface area contributed by atoms with Crippen molar-refractivity contribution in [3.05, 3.63) is 76.4 Å². The van der Waals surface area contributed by atoms with Gasteiger partial charge in [0.2, 0.25) is 0 Å². The fourth-order valence-electron chi connectivity index (χ4n) is 2.74. The van der Waals surface area contributed by atoms with Crippen molar-refractivity contribution in [1.82, 2.24) is 15.3 Å². The van der Waals surface area contributed by atoms with Crippen molar-refractivity contribution in [1.29, 1.82) is 0 Å². The molecule has 0 aliphatic carbocycles. The molecule has 0 spiro atoms. The molecule has 0 aliphatic heterocycles. The number of rotatable bonds is 3. The quantitative estimate of drug-likeness (QED) is 0.564. The van der Waals surface area contributed by atoms with Gasteiger partial charge in [-0.2, -0.15) is 0 Å². The normalized spacial score (nSPS) is 12.4. The Kier molecular flexibility index (Phi) is 3.57. The van der Waals surface area contributed by atoms with E-state index in [2.05, 4.69) is 15.3 Å². The number of carbonyl (C=O) groups excluding carboxylic acids is 1. The summed E-state index contributed by atoms with van der Waals surface area (Å²) < 4.78 is 5.21. The molecule has 2 aromatic carbocycles. The summed E-state index contributed by atoms with van der Waals surface area (Å²) in [4.78, 5) is 32.2. The molecule has 4 aromatic rings. The molecule has 2 N–H and O–H groups in total. The molecule has 2 aromatic heterocycles. The fourth-order valence-corrected chi connectivity index (χ4v) is 2.74. The molecule has 6 nitrogen and oxygen atoms in total. The third kappa shape index (κ3) is 2.78. The molecular weight excluding hydrogens is 318 g/mol. The number of imidazole rings is 1. The lowest BCUT2D eigenvalue weighted by atomic mass is 10.1. The number of hydrogen-bond acceptors (Lipinski definition) is 4. The number of aromatic nitrogens is 2. The maximum Gasteiger partial charge on any atom is 0.349 e. The largest absolute Gasteiger partial charge is 0.422 e. The number of carbonyl (C=O) groups is 1. The Balaban J connectivity index is 1.63. The van der Waals surface area contributed by atoms with Crippen LogP contribution in [0.25, 0.3) is 22.0 Å². The van der Waals surface area contributed by atoms with E-state index >= 15 is 0 Å². The standard InChI is InChI=1S/C19H15N3O3/c1-11(17-21-14-7-3-4-8-15(14)22-17)20-18(23)13-10-12-6-2-5-9-16(12)25-19(13)24/h2-11H,1H3,(H,20,23)(H,21,22). The lowest BCUT2D eigenvalue weighted by Gasteiger charge is -2.11. The zero-order chi connectivity index (χ0) is 17.4. The van der Waals surface area contributed by atoms with E-state index in [0.717, 1.165) is 11.0 Å². The second-order valence-corrected chi connectivity index (χ2v) is 5.82. The zero-order valence-corrected chi connectivity index (χ0v) is 13.4. The van der Waals surface area contributed by atoms with Gasteiger partial charge in [-0.05, 0) is 31.2 Å². The first-order valence-electron chi connectivity index (χ1n) is 7.90. The number of hydrogen-bond donors (Lipinski definition) is 2. The summed E-state index contributed by atoms with van der Waals surface area (Å²) >= 11 is 0. The van der Waals surface area contributed by atoms with Gasteiger partial charge < -0.3 is 14.7 Å². The van der Waals surface area contributed by atoms with Crippen LogP contribution in [0.2, 0.25) is 0 Å². The summed E-state index contributed by atoms with van der Waals surface area (Å²) in [5, 5.41) is 3.48. The van der Waals surface area contributed by atoms with Gasteiger partial charge in [0.25, 0.3) is 5.91 Å². The van der Waals surface area contributed by atoms with Gasteiger partial charge in [-0.1, -0.05) is 30.3 Å². The van der Waals surface area contributed by atoms with Crippen LogP contribution in [0.1, 0.15) is 29.1 Å². The molecule has 4 rings (SSSR count). The molecule has 1 unspecified atom stereocenters. The highest BCUT2D eigenvalue weighted by Crippen LogP contribution is 2.17. The first-order valence-corrected chi connectivity index (χ1v) is 7.90. The van der Waals surface area contributed by atoms with Crippen LogP contribution in [-0.4, -0.2) is 15.9 Å². The van der Waals surface area contributed by atoms with Crippen molar-refractivity contribution >= 4 is 27.9 Å². The zero-order valence-electron chi connectivity index (χ0n) is 13.4. The van der Waals surface area contributed by atoms with E-state index in [1.165, 1.54) is 0 Å². The number of aromatic amines is 1. The number of benzene rings is 2. The second kappa shape index (κ2) is 5.90. The summed E-state index contributed by atoms with van der Waals surface area (Å²) in [5.41, 5.74) is 1.48. The third-order valence-corrected chi connectivity index (χ3v) is 4.05. The lowest BCUT2D eigenvalue weighted by Crippen LogP contribution is -2.31. The predicted molar refractivity (Wildman–Crippen MR) is 94.5 cm³/mol. The highest BCUT2D eigenvalue weighted by molar-refractivity contribution is 5.96. The van der Waals surface area contributed by atoms with Crippen LogP contribution in [0.5, 0.6) is 0 Å². The Labute approximate surface area is 142 Å². The minimum atomic E-state index is -0.659. The summed E-state index contributed by atoms with van der Waals surface area (Å²) in [7, 11) is 0. The Morgan fingerprint density at radius 1 is 1.16 bits per heavy atom. The topological polar surface area (TPSA) is 88.0 Å². The molecule has 0 aliphatic rings. The summed E-state index contributed by atoms with van der Waals surface area (Å²) in [6.45, 7) is 1.80. The van der Waals surface area contributed by atoms with E-state index in [-0.39, 0.29) is 11.6 Å². The van der Waals surface area contributed by atoms with Crippen LogP contribution in [0, 0.1) is 0 Å². The first-order chi connectivity index (χ1) is 12.1. The van der Waals surface area contributed by atoms with Gasteiger partial charge in [0.05, 0.1) is 17.1 Å². The van der Waals surface area contributed by atoms with Crippen molar-refractivity contribution in [3.63, 3.8) is 0 Å². The number of para-hydroxylation sites is 3. The molecule has 0 saturated carbocycles. The highest BCUT2D eigenvalue weighted by atomic mass is 16.4. The molecule has 0 radical (unpaired) electrons. The molecule has 124 valence electrons. The third-order valence-electron chi connectivity index (χ3n) is 4.05. The van der Waals surface area contributed by atoms with Crippen molar-refractivity contribution < 1.29 is 9.21 Å². The molecule has 2 heterocycles. The molecule has 1 amide bonds. The minimum absolute atomic E-state index is 0.0262. The Bertz CT molecular complexity index is 1110. The second-order valence-electron chi connectivity index (χ2n) is 5.82. The Hall–Kier alpha value is -3.41. The van der Waals surface area contributed by atoms with Gasteiger partial charge in [-0.15, -0.1) is 0 Å². The number of amides is 1. The summed E-state index contributed by atoms with van der Waals surface area (Å²) in [6.07, 6.45) is 0. The number of nitrogens with one attached hydrogen (secondary N) is 2. The first kappa shape index (κ1) is 15.1. The smallest absolute Gasteiger partial charge is 0.349 e. The van der Waals surface area contributed by atoms with Crippen LogP contribution in [0.15, 0.2) is 63.8 Å². The van der Waals surface area contributed by atoms with Gasteiger partial charge in [0, 0.05) is 5.39 Å². The van der Waals surface area contributed by atoms with Crippen LogP contribution in [0.4, 0.5) is 0 Å². The van der Waals surface area contributed by atoms with Gasteiger partial charge in [-0.25, -0.2) is 9.78 Å². The summed E-state index contributed by atoms with van der Waals surface area (Å²) in [5.74, 6) is 0.132. The van der Waals surface area contributed by atoms with E-state index in [1.807, 2.05) is 30.3 Å². The number of nitrogens with zero attached hydrogens (tertiary/aromatic N) is 1. The summed E-state index contributed by atoms with van der Waals surface area (Å²) in [6, 6.07) is 15.8. The average Bonchev–Trinajstić information content (AvgIpc) is 3.05. The molecule has 0 saturated heterocycles. The van der Waals surface area contributed by atoms with Crippen molar-refractivity contribution in [2.24, 2.45) is 0 Å². The monoisotopic (exact) mass is 333 g/mol. The molecular formula is C19H15N3O3. The van der Waals surface area contributed by atoms with E-state index in [4.69, 9.17) is 4.42 Å². The van der Waals surface area contributed by atoms with Crippen LogP contribution < -0.4 is 10.9 Å². The van der Waals surface area contributed by atoms with E-state index in [1.54, 1.807) is 31.2 Å². The minimum Gasteiger partial charge on any atom is -0.422 e. The van der Waals surface area contributed by atoms with Crippen LogP contribution >= 0.6 is 0 Å². The predicted octanol–water partition coefficient (Wildman–Crippen LogP) is 3.16. The highest BCUT2D eigenvalue weighted by Gasteiger charge is 2.18. The van der Waals surface area contributed by atoms with Crippen molar-refractivity contribution in [2.75, 3.05) is 0 Å². The van der Waals surface area contributed by atoms with E-state index in [0.29, 0.717) is 16.8 Å². The molecule has 25 heavy (non-hydrogen) atoms. The van der Waals surface area contributed by atoms with Crippen LogP contribution in [0.3, 0.4) is 0 Å². The average molecular weight is 333 g/mol. The van der Waals surface area contributed by atoms with Gasteiger partial charge >= 0.3 is 5.63 Å². The maximum atomic E-state index is 12.5. The molecule has 0 bridgehead atoms. The Morgan fingerprint density at radius 3 is 2.76 bits per heavy atom. The number of fused-ring (bicyclic) bond motifs is 2. The van der Waals surface area contributed by atoms with Gasteiger partial charge in [0.1, 0.15) is 17.0 Å². The van der Waals surface area contributed by atoms with E-state index in [9.17, 15) is 9.59 Å². The number of H-pyrrole nitrogens is 1. The van der Waals surface area contributed by atoms with Crippen molar-refractivity contribution in [2.45, 2.75) is 13.0 Å².